The second kappa shape index (κ2) is 5.72. The van der Waals surface area contributed by atoms with Gasteiger partial charge in [-0.1, -0.05) is 31.1 Å². The molecule has 0 radical (unpaired) electrons. The van der Waals surface area contributed by atoms with Gasteiger partial charge in [0.05, 0.1) is 0 Å². The summed E-state index contributed by atoms with van der Waals surface area (Å²) in [6.45, 7) is 3.30. The van der Waals surface area contributed by atoms with Crippen LogP contribution >= 0.6 is 12.2 Å². The monoisotopic (exact) mass is 288 g/mol. The van der Waals surface area contributed by atoms with Crippen molar-refractivity contribution >= 4 is 22.9 Å². The van der Waals surface area contributed by atoms with Gasteiger partial charge < -0.3 is 10.6 Å². The molecule has 1 aliphatic heterocycles. The lowest BCUT2D eigenvalue weighted by Gasteiger charge is -2.46. The smallest absolute Gasteiger partial charge is 0.106 e. The van der Waals surface area contributed by atoms with Crippen LogP contribution in [0.15, 0.2) is 18.2 Å². The van der Waals surface area contributed by atoms with Crippen molar-refractivity contribution in [3.8, 4) is 0 Å². The highest BCUT2D eigenvalue weighted by atomic mass is 32.1. The number of fused-ring (bicyclic) bond motifs is 1. The molecule has 0 amide bonds. The van der Waals surface area contributed by atoms with E-state index in [1.165, 1.54) is 49.8 Å². The molecule has 2 atom stereocenters. The number of benzene rings is 1. The number of nitrogens with zero attached hydrogens (tertiary/aromatic N) is 1. The van der Waals surface area contributed by atoms with E-state index in [-0.39, 0.29) is 0 Å². The van der Waals surface area contributed by atoms with Gasteiger partial charge in [0.25, 0.3) is 0 Å². The lowest BCUT2D eigenvalue weighted by Crippen LogP contribution is -2.47. The lowest BCUT2D eigenvalue weighted by atomic mass is 9.78. The number of anilines is 1. The SMILES string of the molecule is Cc1ccc(C(N)=S)c(N2CCC[C@H]3CCCC[C@H]32)c1. The highest BCUT2D eigenvalue weighted by molar-refractivity contribution is 7.80. The zero-order valence-electron chi connectivity index (χ0n) is 12.3. The molecular formula is C17H24N2S. The Labute approximate surface area is 127 Å². The molecule has 20 heavy (non-hydrogen) atoms. The first-order chi connectivity index (χ1) is 9.66. The maximum atomic E-state index is 5.94. The molecule has 0 aromatic heterocycles. The van der Waals surface area contributed by atoms with Gasteiger partial charge in [0.15, 0.2) is 0 Å². The van der Waals surface area contributed by atoms with Crippen LogP contribution in [0.2, 0.25) is 0 Å². The van der Waals surface area contributed by atoms with E-state index in [2.05, 4.69) is 30.0 Å². The highest BCUT2D eigenvalue weighted by Crippen LogP contribution is 2.39. The predicted octanol–water partition coefficient (Wildman–Crippen LogP) is 3.79. The van der Waals surface area contributed by atoms with Crippen molar-refractivity contribution in [1.29, 1.82) is 0 Å². The van der Waals surface area contributed by atoms with E-state index in [1.54, 1.807) is 0 Å². The standard InChI is InChI=1S/C17H24N2S/c1-12-8-9-14(17(18)20)16(11-12)19-10-4-6-13-5-2-3-7-15(13)19/h8-9,11,13,15H,2-7,10H2,1H3,(H2,18,20)/t13-,15-/m1/s1. The van der Waals surface area contributed by atoms with Crippen LogP contribution in [0.3, 0.4) is 0 Å². The molecule has 2 fully saturated rings. The van der Waals surface area contributed by atoms with Gasteiger partial charge in [0, 0.05) is 23.8 Å². The normalized spacial score (nSPS) is 26.1. The molecule has 3 heteroatoms. The van der Waals surface area contributed by atoms with Crippen LogP contribution in [0.4, 0.5) is 5.69 Å². The average Bonchev–Trinajstić information content (AvgIpc) is 2.46. The molecule has 0 unspecified atom stereocenters. The molecule has 1 aliphatic carbocycles. The number of nitrogens with two attached hydrogens (primary N) is 1. The summed E-state index contributed by atoms with van der Waals surface area (Å²) in [5.74, 6) is 0.872. The van der Waals surface area contributed by atoms with Crippen LogP contribution in [0.5, 0.6) is 0 Å². The first-order valence-corrected chi connectivity index (χ1v) is 8.25. The van der Waals surface area contributed by atoms with Crippen molar-refractivity contribution < 1.29 is 0 Å². The van der Waals surface area contributed by atoms with E-state index in [0.717, 1.165) is 18.0 Å². The largest absolute Gasteiger partial charge is 0.389 e. The van der Waals surface area contributed by atoms with Crippen LogP contribution in [0, 0.1) is 12.8 Å². The highest BCUT2D eigenvalue weighted by Gasteiger charge is 2.34. The summed E-state index contributed by atoms with van der Waals surface area (Å²) in [6, 6.07) is 7.18. The third-order valence-electron chi connectivity index (χ3n) is 4.97. The zero-order chi connectivity index (χ0) is 14.1. The van der Waals surface area contributed by atoms with Crippen molar-refractivity contribution in [2.75, 3.05) is 11.4 Å². The van der Waals surface area contributed by atoms with Crippen LogP contribution in [-0.2, 0) is 0 Å². The molecule has 1 saturated carbocycles. The minimum absolute atomic E-state index is 0.526. The fraction of sp³-hybridized carbons (Fsp3) is 0.588. The Balaban J connectivity index is 1.98. The molecule has 2 N–H and O–H groups in total. The molecule has 0 bridgehead atoms. The van der Waals surface area contributed by atoms with Gasteiger partial charge in [-0.25, -0.2) is 0 Å². The van der Waals surface area contributed by atoms with Crippen molar-refractivity contribution in [1.82, 2.24) is 0 Å². The summed E-state index contributed by atoms with van der Waals surface area (Å²) in [6.07, 6.45) is 8.20. The van der Waals surface area contributed by atoms with Crippen molar-refractivity contribution in [2.24, 2.45) is 11.7 Å². The molecule has 2 aliphatic rings. The Bertz CT molecular complexity index is 510. The van der Waals surface area contributed by atoms with Crippen LogP contribution < -0.4 is 10.6 Å². The van der Waals surface area contributed by atoms with Crippen molar-refractivity contribution in [3.05, 3.63) is 29.3 Å². The fourth-order valence-electron chi connectivity index (χ4n) is 4.01. The quantitative estimate of drug-likeness (QED) is 0.840. The summed E-state index contributed by atoms with van der Waals surface area (Å²) in [5.41, 5.74) is 9.56. The summed E-state index contributed by atoms with van der Waals surface area (Å²) in [4.78, 5) is 3.13. The predicted molar refractivity (Wildman–Crippen MR) is 89.4 cm³/mol. The zero-order valence-corrected chi connectivity index (χ0v) is 13.1. The number of hydrogen-bond acceptors (Lipinski definition) is 2. The maximum absolute atomic E-state index is 5.94. The first kappa shape index (κ1) is 13.9. The number of rotatable bonds is 2. The number of thiocarbonyl (C=S) groups is 1. The summed E-state index contributed by atoms with van der Waals surface area (Å²) >= 11 is 5.26. The molecule has 1 saturated heterocycles. The minimum Gasteiger partial charge on any atom is -0.389 e. The third kappa shape index (κ3) is 2.56. The second-order valence-corrected chi connectivity index (χ2v) is 6.77. The van der Waals surface area contributed by atoms with Crippen molar-refractivity contribution in [2.45, 2.75) is 51.5 Å². The topological polar surface area (TPSA) is 29.3 Å². The Hall–Kier alpha value is -1.09. The third-order valence-corrected chi connectivity index (χ3v) is 5.19. The molecule has 1 aromatic rings. The van der Waals surface area contributed by atoms with Gasteiger partial charge in [-0.3, -0.25) is 0 Å². The van der Waals surface area contributed by atoms with Crippen LogP contribution in [-0.4, -0.2) is 17.6 Å². The van der Waals surface area contributed by atoms with E-state index in [4.69, 9.17) is 18.0 Å². The fourth-order valence-corrected chi connectivity index (χ4v) is 4.18. The van der Waals surface area contributed by atoms with Crippen LogP contribution in [0.25, 0.3) is 0 Å². The van der Waals surface area contributed by atoms with E-state index in [1.807, 2.05) is 0 Å². The van der Waals surface area contributed by atoms with E-state index in [0.29, 0.717) is 11.0 Å². The Morgan fingerprint density at radius 2 is 1.95 bits per heavy atom. The summed E-state index contributed by atoms with van der Waals surface area (Å²) in [5, 5.41) is 0. The summed E-state index contributed by atoms with van der Waals surface area (Å²) in [7, 11) is 0. The van der Waals surface area contributed by atoms with E-state index < -0.39 is 0 Å². The van der Waals surface area contributed by atoms with Gasteiger partial charge in [-0.15, -0.1) is 0 Å². The first-order valence-electron chi connectivity index (χ1n) is 7.84. The molecule has 3 rings (SSSR count). The maximum Gasteiger partial charge on any atom is 0.106 e. The molecule has 1 heterocycles. The molecular weight excluding hydrogens is 264 g/mol. The second-order valence-electron chi connectivity index (χ2n) is 6.33. The van der Waals surface area contributed by atoms with Gasteiger partial charge in [-0.2, -0.15) is 0 Å². The van der Waals surface area contributed by atoms with E-state index in [9.17, 15) is 0 Å². The van der Waals surface area contributed by atoms with Gasteiger partial charge >= 0.3 is 0 Å². The minimum atomic E-state index is 0.526. The number of piperidine rings is 1. The number of hydrogen-bond donors (Lipinski definition) is 1. The molecule has 2 nitrogen and oxygen atoms in total. The van der Waals surface area contributed by atoms with Gasteiger partial charge in [-0.05, 0) is 56.2 Å². The Morgan fingerprint density at radius 1 is 1.20 bits per heavy atom. The van der Waals surface area contributed by atoms with E-state index >= 15 is 0 Å². The van der Waals surface area contributed by atoms with Crippen LogP contribution in [0.1, 0.15) is 49.7 Å². The Morgan fingerprint density at radius 3 is 2.75 bits per heavy atom. The summed E-state index contributed by atoms with van der Waals surface area (Å²) < 4.78 is 0. The lowest BCUT2D eigenvalue weighted by molar-refractivity contribution is 0.244. The molecule has 108 valence electrons. The average molecular weight is 288 g/mol. The van der Waals surface area contributed by atoms with Gasteiger partial charge in [0.1, 0.15) is 4.99 Å². The van der Waals surface area contributed by atoms with Gasteiger partial charge in [0.2, 0.25) is 0 Å². The number of aryl methyl sites for hydroxylation is 1. The van der Waals surface area contributed by atoms with Crippen molar-refractivity contribution in [3.63, 3.8) is 0 Å². The molecule has 0 spiro atoms. The molecule has 1 aromatic carbocycles. The Kier molecular flexibility index (Phi) is 3.97.